The average Bonchev–Trinajstić information content (AvgIpc) is 2.84. The lowest BCUT2D eigenvalue weighted by molar-refractivity contribution is 0.595. The van der Waals surface area contributed by atoms with Crippen molar-refractivity contribution in [2.24, 2.45) is 0 Å². The number of sulfonamides is 2. The summed E-state index contributed by atoms with van der Waals surface area (Å²) in [5, 5.41) is 0. The molecular formula is C24H18F2N2O6S3. The van der Waals surface area contributed by atoms with E-state index in [1.54, 1.807) is 0 Å². The zero-order valence-corrected chi connectivity index (χ0v) is 21.1. The molecule has 0 saturated heterocycles. The summed E-state index contributed by atoms with van der Waals surface area (Å²) in [6.07, 6.45) is 0. The lowest BCUT2D eigenvalue weighted by Gasteiger charge is -2.12. The Morgan fingerprint density at radius 2 is 0.811 bits per heavy atom. The molecule has 0 spiro atoms. The Bertz CT molecular complexity index is 1680. The minimum Gasteiger partial charge on any atom is -0.280 e. The van der Waals surface area contributed by atoms with Gasteiger partial charge in [0, 0.05) is 0 Å². The summed E-state index contributed by atoms with van der Waals surface area (Å²) in [6.45, 7) is 0. The largest absolute Gasteiger partial charge is 0.280 e. The molecule has 0 aliphatic heterocycles. The standard InChI is InChI=1S/C24H18F2N2O6S3/c25-17-5-1-7-19(13-17)27-36(31,32)23-11-3-9-21(15-23)35(29,30)22-10-4-12-24(16-22)37(33,34)28-20-8-2-6-18(26)14-20/h1-16,27-28H. The van der Waals surface area contributed by atoms with E-state index in [9.17, 15) is 34.0 Å². The molecular weight excluding hydrogens is 546 g/mol. The molecule has 0 amide bonds. The van der Waals surface area contributed by atoms with Crippen LogP contribution < -0.4 is 9.44 Å². The van der Waals surface area contributed by atoms with E-state index in [4.69, 9.17) is 0 Å². The van der Waals surface area contributed by atoms with Crippen molar-refractivity contribution < 1.29 is 34.0 Å². The summed E-state index contributed by atoms with van der Waals surface area (Å²) in [6, 6.07) is 18.3. The van der Waals surface area contributed by atoms with Crippen LogP contribution in [0, 0.1) is 11.6 Å². The fraction of sp³-hybridized carbons (Fsp3) is 0. The highest BCUT2D eigenvalue weighted by atomic mass is 32.2. The molecule has 192 valence electrons. The molecule has 0 unspecified atom stereocenters. The van der Waals surface area contributed by atoms with Crippen LogP contribution in [-0.4, -0.2) is 25.3 Å². The monoisotopic (exact) mass is 564 g/mol. The van der Waals surface area contributed by atoms with Crippen LogP contribution in [0.4, 0.5) is 20.2 Å². The molecule has 0 radical (unpaired) electrons. The molecule has 0 bridgehead atoms. The van der Waals surface area contributed by atoms with E-state index in [-0.39, 0.29) is 11.4 Å². The van der Waals surface area contributed by atoms with Gasteiger partial charge in [0.2, 0.25) is 9.84 Å². The van der Waals surface area contributed by atoms with Gasteiger partial charge in [-0.15, -0.1) is 0 Å². The fourth-order valence-corrected chi connectivity index (χ4v) is 6.98. The number of benzene rings is 4. The van der Waals surface area contributed by atoms with Gasteiger partial charge in [-0.05, 0) is 72.8 Å². The second-order valence-corrected chi connectivity index (χ2v) is 13.0. The Balaban J connectivity index is 1.66. The molecule has 4 rings (SSSR count). The van der Waals surface area contributed by atoms with Crippen molar-refractivity contribution in [3.63, 3.8) is 0 Å². The van der Waals surface area contributed by atoms with Crippen LogP contribution in [0.5, 0.6) is 0 Å². The van der Waals surface area contributed by atoms with E-state index in [1.165, 1.54) is 36.4 Å². The predicted octanol–water partition coefficient (Wildman–Crippen LogP) is 4.40. The normalized spacial score (nSPS) is 12.2. The molecule has 0 atom stereocenters. The number of sulfone groups is 1. The minimum atomic E-state index is -4.37. The third-order valence-electron chi connectivity index (χ3n) is 5.01. The molecule has 0 aromatic heterocycles. The SMILES string of the molecule is O=S(=O)(Nc1cccc(F)c1)c1cccc(S(=O)(=O)c2cccc(S(=O)(=O)Nc3cccc(F)c3)c2)c1. The number of nitrogens with one attached hydrogen (secondary N) is 2. The zero-order valence-electron chi connectivity index (χ0n) is 18.7. The van der Waals surface area contributed by atoms with Crippen molar-refractivity contribution in [3.8, 4) is 0 Å². The van der Waals surface area contributed by atoms with Gasteiger partial charge in [-0.1, -0.05) is 24.3 Å². The number of hydrogen-bond acceptors (Lipinski definition) is 6. The first kappa shape index (κ1) is 26.3. The van der Waals surface area contributed by atoms with Crippen molar-refractivity contribution in [1.82, 2.24) is 0 Å². The first-order valence-corrected chi connectivity index (χ1v) is 14.8. The molecule has 0 aliphatic rings. The highest BCUT2D eigenvalue weighted by Gasteiger charge is 2.24. The van der Waals surface area contributed by atoms with Gasteiger partial charge < -0.3 is 0 Å². The van der Waals surface area contributed by atoms with E-state index in [2.05, 4.69) is 9.44 Å². The van der Waals surface area contributed by atoms with Gasteiger partial charge in [0.1, 0.15) is 11.6 Å². The first-order chi connectivity index (χ1) is 17.4. The van der Waals surface area contributed by atoms with Crippen molar-refractivity contribution in [2.75, 3.05) is 9.44 Å². The molecule has 4 aromatic rings. The lowest BCUT2D eigenvalue weighted by Crippen LogP contribution is -2.15. The highest BCUT2D eigenvalue weighted by molar-refractivity contribution is 7.93. The van der Waals surface area contributed by atoms with Gasteiger partial charge >= 0.3 is 0 Å². The van der Waals surface area contributed by atoms with Crippen LogP contribution in [0.2, 0.25) is 0 Å². The van der Waals surface area contributed by atoms with Crippen molar-refractivity contribution >= 4 is 41.3 Å². The van der Waals surface area contributed by atoms with Gasteiger partial charge in [-0.2, -0.15) is 0 Å². The third-order valence-corrected chi connectivity index (χ3v) is 9.51. The Morgan fingerprint density at radius 1 is 0.459 bits per heavy atom. The zero-order chi connectivity index (χ0) is 26.8. The Morgan fingerprint density at radius 3 is 1.19 bits per heavy atom. The van der Waals surface area contributed by atoms with Crippen molar-refractivity contribution in [3.05, 3.63) is 109 Å². The molecule has 0 saturated carbocycles. The highest BCUT2D eigenvalue weighted by Crippen LogP contribution is 2.27. The number of anilines is 2. The molecule has 0 fully saturated rings. The summed E-state index contributed by atoms with van der Waals surface area (Å²) >= 11 is 0. The van der Waals surface area contributed by atoms with Crippen molar-refractivity contribution in [2.45, 2.75) is 19.6 Å². The van der Waals surface area contributed by atoms with Gasteiger partial charge in [0.25, 0.3) is 20.0 Å². The molecule has 2 N–H and O–H groups in total. The Labute approximate surface area is 212 Å². The quantitative estimate of drug-likeness (QED) is 0.327. The number of hydrogen-bond donors (Lipinski definition) is 2. The molecule has 0 heterocycles. The lowest BCUT2D eigenvalue weighted by atomic mass is 10.3. The second kappa shape index (κ2) is 9.92. The van der Waals surface area contributed by atoms with Crippen molar-refractivity contribution in [1.29, 1.82) is 0 Å². The van der Waals surface area contributed by atoms with Crippen LogP contribution in [0.25, 0.3) is 0 Å². The molecule has 37 heavy (non-hydrogen) atoms. The second-order valence-electron chi connectivity index (χ2n) is 7.68. The summed E-state index contributed by atoms with van der Waals surface area (Å²) in [7, 11) is -12.9. The smallest absolute Gasteiger partial charge is 0.261 e. The molecule has 0 aliphatic carbocycles. The van der Waals surface area contributed by atoms with E-state index in [0.717, 1.165) is 60.7 Å². The van der Waals surface area contributed by atoms with Crippen LogP contribution in [-0.2, 0) is 29.9 Å². The third kappa shape index (κ3) is 5.96. The minimum absolute atomic E-state index is 0.0584. The van der Waals surface area contributed by atoms with Gasteiger partial charge in [0.15, 0.2) is 0 Å². The van der Waals surface area contributed by atoms with Crippen LogP contribution in [0.1, 0.15) is 0 Å². The van der Waals surface area contributed by atoms with E-state index in [1.807, 2.05) is 0 Å². The van der Waals surface area contributed by atoms with Crippen LogP contribution >= 0.6 is 0 Å². The maximum absolute atomic E-state index is 13.4. The maximum atomic E-state index is 13.4. The fourth-order valence-electron chi connectivity index (χ4n) is 3.29. The molecule has 13 heteroatoms. The first-order valence-electron chi connectivity index (χ1n) is 10.4. The summed E-state index contributed by atoms with van der Waals surface area (Å²) in [4.78, 5) is -1.65. The molecule has 8 nitrogen and oxygen atoms in total. The van der Waals surface area contributed by atoms with E-state index in [0.29, 0.717) is 0 Å². The predicted molar refractivity (Wildman–Crippen MR) is 133 cm³/mol. The number of halogens is 2. The van der Waals surface area contributed by atoms with Gasteiger partial charge in [-0.25, -0.2) is 34.0 Å². The molecule has 4 aromatic carbocycles. The Kier molecular flexibility index (Phi) is 7.04. The summed E-state index contributed by atoms with van der Waals surface area (Å²) < 4.78 is 109. The van der Waals surface area contributed by atoms with Gasteiger partial charge in [0.05, 0.1) is 31.0 Å². The van der Waals surface area contributed by atoms with E-state index >= 15 is 0 Å². The van der Waals surface area contributed by atoms with Crippen LogP contribution in [0.15, 0.2) is 117 Å². The summed E-state index contributed by atoms with van der Waals surface area (Å²) in [5.41, 5.74) is -0.117. The number of rotatable bonds is 8. The van der Waals surface area contributed by atoms with E-state index < -0.39 is 61.1 Å². The van der Waals surface area contributed by atoms with Crippen LogP contribution in [0.3, 0.4) is 0 Å². The maximum Gasteiger partial charge on any atom is 0.261 e. The summed E-state index contributed by atoms with van der Waals surface area (Å²) in [5.74, 6) is -1.34. The van der Waals surface area contributed by atoms with Gasteiger partial charge in [-0.3, -0.25) is 9.44 Å². The Hall–Kier alpha value is -3.81. The topological polar surface area (TPSA) is 126 Å². The average molecular weight is 565 g/mol.